The summed E-state index contributed by atoms with van der Waals surface area (Å²) in [6.07, 6.45) is 45.2. The molecule has 0 aromatic carbocycles. The van der Waals surface area contributed by atoms with Crippen molar-refractivity contribution in [1.29, 1.82) is 0 Å². The molecule has 0 fully saturated rings. The highest BCUT2D eigenvalue weighted by molar-refractivity contribution is 5.70. The van der Waals surface area contributed by atoms with Crippen LogP contribution in [0.5, 0.6) is 0 Å². The van der Waals surface area contributed by atoms with Gasteiger partial charge in [0.15, 0.2) is 6.10 Å². The average molecular weight is 613 g/mol. The summed E-state index contributed by atoms with van der Waals surface area (Å²) in [6.45, 7) is 3.92. The van der Waals surface area contributed by atoms with E-state index in [1.54, 1.807) is 0 Å². The molecule has 0 unspecified atom stereocenters. The largest absolute Gasteiger partial charge is 0.462 e. The molecule has 0 aliphatic heterocycles. The summed E-state index contributed by atoms with van der Waals surface area (Å²) >= 11 is 0. The van der Waals surface area contributed by atoms with Crippen LogP contribution in [0.15, 0.2) is 72.9 Å². The van der Waals surface area contributed by atoms with E-state index in [9.17, 15) is 14.7 Å². The van der Waals surface area contributed by atoms with Crippen LogP contribution < -0.4 is 0 Å². The smallest absolute Gasteiger partial charge is 0.306 e. The molecule has 0 saturated heterocycles. The van der Waals surface area contributed by atoms with Crippen molar-refractivity contribution in [2.24, 2.45) is 0 Å². The lowest BCUT2D eigenvalue weighted by Crippen LogP contribution is -2.28. The standard InChI is InChI=1S/C39H64O5/c1-3-5-7-9-11-13-15-17-19-21-23-25-27-29-31-33-38(41)43-36-37(35-40)44-39(42)34-32-30-28-26-24-22-20-18-16-14-12-10-8-6-4-2/h6,8,11-14,17-20,23,25,37,40H,3-5,7,9-10,15-16,21-22,24,26-36H2,1-2H3/b8-6-,13-11-,14-12-,19-17-,20-18-,25-23-/t37-/m0/s1. The van der Waals surface area contributed by atoms with Gasteiger partial charge in [0.1, 0.15) is 6.61 Å². The van der Waals surface area contributed by atoms with Crippen molar-refractivity contribution in [3.8, 4) is 0 Å². The second kappa shape index (κ2) is 34.8. The van der Waals surface area contributed by atoms with Crippen molar-refractivity contribution in [2.75, 3.05) is 13.2 Å². The molecule has 0 saturated carbocycles. The van der Waals surface area contributed by atoms with Gasteiger partial charge in [0.25, 0.3) is 0 Å². The number of carbonyl (C=O) groups excluding carboxylic acids is 2. The van der Waals surface area contributed by atoms with Crippen molar-refractivity contribution >= 4 is 11.9 Å². The summed E-state index contributed by atoms with van der Waals surface area (Å²) in [6, 6.07) is 0. The van der Waals surface area contributed by atoms with E-state index in [4.69, 9.17) is 9.47 Å². The molecule has 44 heavy (non-hydrogen) atoms. The fraction of sp³-hybridized carbons (Fsp3) is 0.641. The summed E-state index contributed by atoms with van der Waals surface area (Å²) in [4.78, 5) is 24.1. The molecule has 0 aliphatic rings. The quantitative estimate of drug-likeness (QED) is 0.0496. The third-order valence-electron chi connectivity index (χ3n) is 6.98. The minimum absolute atomic E-state index is 0.0968. The Morgan fingerprint density at radius 1 is 0.545 bits per heavy atom. The zero-order valence-electron chi connectivity index (χ0n) is 28.1. The molecular formula is C39H64O5. The summed E-state index contributed by atoms with van der Waals surface area (Å²) in [5, 5.41) is 9.51. The second-order valence-electron chi connectivity index (χ2n) is 11.2. The Hall–Kier alpha value is -2.66. The van der Waals surface area contributed by atoms with Gasteiger partial charge in [-0.15, -0.1) is 0 Å². The van der Waals surface area contributed by atoms with Gasteiger partial charge in [-0.3, -0.25) is 9.59 Å². The van der Waals surface area contributed by atoms with E-state index >= 15 is 0 Å². The zero-order chi connectivity index (χ0) is 32.2. The third kappa shape index (κ3) is 32.3. The third-order valence-corrected chi connectivity index (χ3v) is 6.98. The number of aliphatic hydroxyl groups excluding tert-OH is 1. The van der Waals surface area contributed by atoms with Crippen LogP contribution in [-0.2, 0) is 19.1 Å². The van der Waals surface area contributed by atoms with Crippen molar-refractivity contribution in [3.05, 3.63) is 72.9 Å². The Labute approximate surface area is 270 Å². The molecule has 0 aliphatic carbocycles. The number of aliphatic hydroxyl groups is 1. The van der Waals surface area contributed by atoms with Gasteiger partial charge in [0.05, 0.1) is 6.61 Å². The Kier molecular flexibility index (Phi) is 32.7. The Morgan fingerprint density at radius 2 is 0.977 bits per heavy atom. The molecule has 0 rings (SSSR count). The van der Waals surface area contributed by atoms with E-state index in [1.807, 2.05) is 0 Å². The number of allylic oxidation sites excluding steroid dienone is 12. The van der Waals surface area contributed by atoms with Gasteiger partial charge in [0, 0.05) is 12.8 Å². The molecule has 0 heterocycles. The van der Waals surface area contributed by atoms with Crippen LogP contribution in [-0.4, -0.2) is 36.4 Å². The van der Waals surface area contributed by atoms with E-state index in [1.165, 1.54) is 25.7 Å². The normalized spacial score (nSPS) is 13.1. The van der Waals surface area contributed by atoms with Crippen LogP contribution in [0.1, 0.15) is 142 Å². The Morgan fingerprint density at radius 3 is 1.52 bits per heavy atom. The van der Waals surface area contributed by atoms with E-state index in [0.29, 0.717) is 12.8 Å². The lowest BCUT2D eigenvalue weighted by atomic mass is 10.1. The number of ether oxygens (including phenoxy) is 2. The highest BCUT2D eigenvalue weighted by Gasteiger charge is 2.16. The predicted octanol–water partition coefficient (Wildman–Crippen LogP) is 10.6. The molecule has 5 heteroatoms. The molecule has 5 nitrogen and oxygen atoms in total. The molecule has 0 spiro atoms. The van der Waals surface area contributed by atoms with E-state index < -0.39 is 6.10 Å². The van der Waals surface area contributed by atoms with Gasteiger partial charge in [0.2, 0.25) is 0 Å². The fourth-order valence-electron chi connectivity index (χ4n) is 4.34. The van der Waals surface area contributed by atoms with Crippen LogP contribution in [0.2, 0.25) is 0 Å². The van der Waals surface area contributed by atoms with Crippen LogP contribution in [0.4, 0.5) is 0 Å². The molecule has 0 aromatic rings. The fourth-order valence-corrected chi connectivity index (χ4v) is 4.34. The summed E-state index contributed by atoms with van der Waals surface area (Å²) in [5.41, 5.74) is 0. The van der Waals surface area contributed by atoms with Gasteiger partial charge in [-0.1, -0.05) is 119 Å². The van der Waals surface area contributed by atoms with Crippen molar-refractivity contribution in [2.45, 2.75) is 148 Å². The number of rotatable bonds is 30. The van der Waals surface area contributed by atoms with Crippen LogP contribution in [0, 0.1) is 0 Å². The molecular weight excluding hydrogens is 548 g/mol. The predicted molar refractivity (Wildman–Crippen MR) is 186 cm³/mol. The second-order valence-corrected chi connectivity index (χ2v) is 11.2. The van der Waals surface area contributed by atoms with Crippen molar-refractivity contribution < 1.29 is 24.2 Å². The first kappa shape index (κ1) is 41.3. The lowest BCUT2D eigenvalue weighted by Gasteiger charge is -2.15. The van der Waals surface area contributed by atoms with Gasteiger partial charge in [-0.2, -0.15) is 0 Å². The minimum atomic E-state index is -0.798. The van der Waals surface area contributed by atoms with Crippen molar-refractivity contribution in [3.63, 3.8) is 0 Å². The lowest BCUT2D eigenvalue weighted by molar-refractivity contribution is -0.161. The maximum Gasteiger partial charge on any atom is 0.306 e. The first-order valence-corrected chi connectivity index (χ1v) is 17.5. The van der Waals surface area contributed by atoms with Gasteiger partial charge < -0.3 is 14.6 Å². The van der Waals surface area contributed by atoms with Gasteiger partial charge in [-0.05, 0) is 83.5 Å². The van der Waals surface area contributed by atoms with E-state index in [-0.39, 0.29) is 25.2 Å². The maximum atomic E-state index is 12.1. The van der Waals surface area contributed by atoms with Gasteiger partial charge >= 0.3 is 11.9 Å². The number of hydrogen-bond acceptors (Lipinski definition) is 5. The summed E-state index contributed by atoms with van der Waals surface area (Å²) in [5.74, 6) is -0.665. The molecule has 1 N–H and O–H groups in total. The van der Waals surface area contributed by atoms with Crippen LogP contribution >= 0.6 is 0 Å². The van der Waals surface area contributed by atoms with E-state index in [2.05, 4.69) is 86.8 Å². The van der Waals surface area contributed by atoms with E-state index in [0.717, 1.165) is 89.9 Å². The maximum absolute atomic E-state index is 12.1. The first-order chi connectivity index (χ1) is 21.6. The number of unbranched alkanes of at least 4 members (excludes halogenated alkanes) is 10. The minimum Gasteiger partial charge on any atom is -0.462 e. The molecule has 1 atom stereocenters. The SMILES string of the molecule is CC/C=C\C/C=C\C/C=C\CCCCCCCC(=O)O[C@@H](CO)COC(=O)CCCC/C=C\C/C=C\C/C=C\CCCCC. The Balaban J connectivity index is 3.71. The average Bonchev–Trinajstić information content (AvgIpc) is 3.02. The van der Waals surface area contributed by atoms with Crippen LogP contribution in [0.3, 0.4) is 0 Å². The van der Waals surface area contributed by atoms with Gasteiger partial charge in [-0.25, -0.2) is 0 Å². The monoisotopic (exact) mass is 612 g/mol. The van der Waals surface area contributed by atoms with Crippen molar-refractivity contribution in [1.82, 2.24) is 0 Å². The summed E-state index contributed by atoms with van der Waals surface area (Å²) in [7, 11) is 0. The molecule has 0 bridgehead atoms. The first-order valence-electron chi connectivity index (χ1n) is 17.5. The molecule has 0 amide bonds. The number of carbonyl (C=O) groups is 2. The molecule has 0 radical (unpaired) electrons. The number of hydrogen-bond donors (Lipinski definition) is 1. The molecule has 0 aromatic heterocycles. The molecule has 250 valence electrons. The zero-order valence-corrected chi connectivity index (χ0v) is 28.1. The number of esters is 2. The highest BCUT2D eigenvalue weighted by atomic mass is 16.6. The van der Waals surface area contributed by atoms with Crippen LogP contribution in [0.25, 0.3) is 0 Å². The topological polar surface area (TPSA) is 72.8 Å². The highest BCUT2D eigenvalue weighted by Crippen LogP contribution is 2.10. The Bertz CT molecular complexity index is 833. The summed E-state index contributed by atoms with van der Waals surface area (Å²) < 4.78 is 10.5.